The molecule has 1 aromatic rings. The van der Waals surface area contributed by atoms with E-state index in [0.717, 1.165) is 38.2 Å². The third kappa shape index (κ3) is 6.19. The number of ether oxygens (including phenoxy) is 1. The smallest absolute Gasteiger partial charge is 0.416 e. The summed E-state index contributed by atoms with van der Waals surface area (Å²) in [6.45, 7) is 2.65. The summed E-state index contributed by atoms with van der Waals surface area (Å²) < 4.78 is 45.8. The second kappa shape index (κ2) is 9.43. The molecule has 0 spiro atoms. The molecule has 2 rings (SSSR count). The fraction of sp³-hybridized carbons (Fsp3) is 0.684. The van der Waals surface area contributed by atoms with Gasteiger partial charge in [0.2, 0.25) is 0 Å². The van der Waals surface area contributed by atoms with E-state index in [1.165, 1.54) is 0 Å². The number of aliphatic hydroxyl groups is 1. The van der Waals surface area contributed by atoms with Crippen LogP contribution in [0.25, 0.3) is 0 Å². The molecule has 0 radical (unpaired) electrons. The minimum atomic E-state index is -4.38. The fourth-order valence-electron chi connectivity index (χ4n) is 3.23. The van der Waals surface area contributed by atoms with Gasteiger partial charge in [-0.3, -0.25) is 0 Å². The van der Waals surface area contributed by atoms with Crippen LogP contribution in [0.5, 0.6) is 5.75 Å². The average molecular weight is 359 g/mol. The number of alkyl halides is 3. The van der Waals surface area contributed by atoms with Crippen LogP contribution in [0.4, 0.5) is 13.2 Å². The molecule has 2 atom stereocenters. The molecule has 0 aromatic heterocycles. The molecule has 1 fully saturated rings. The van der Waals surface area contributed by atoms with Gasteiger partial charge in [0.1, 0.15) is 11.9 Å². The topological polar surface area (TPSA) is 41.5 Å². The van der Waals surface area contributed by atoms with Gasteiger partial charge < -0.3 is 15.2 Å². The second-order valence-corrected chi connectivity index (χ2v) is 6.74. The van der Waals surface area contributed by atoms with E-state index in [1.54, 1.807) is 12.1 Å². The molecule has 3 nitrogen and oxygen atoms in total. The minimum Gasteiger partial charge on any atom is -0.489 e. The monoisotopic (exact) mass is 359 g/mol. The van der Waals surface area contributed by atoms with Crippen molar-refractivity contribution in [2.24, 2.45) is 0 Å². The highest BCUT2D eigenvalue weighted by atomic mass is 19.4. The van der Waals surface area contributed by atoms with E-state index < -0.39 is 11.7 Å². The van der Waals surface area contributed by atoms with Crippen molar-refractivity contribution in [1.82, 2.24) is 5.32 Å². The van der Waals surface area contributed by atoms with E-state index in [0.29, 0.717) is 24.9 Å². The summed E-state index contributed by atoms with van der Waals surface area (Å²) in [6, 6.07) is 4.25. The van der Waals surface area contributed by atoms with Gasteiger partial charge in [0.25, 0.3) is 0 Å². The maximum Gasteiger partial charge on any atom is 0.416 e. The lowest BCUT2D eigenvalue weighted by Crippen LogP contribution is -2.25. The maximum absolute atomic E-state index is 13.4. The van der Waals surface area contributed by atoms with Gasteiger partial charge in [-0.15, -0.1) is 0 Å². The number of halogens is 3. The minimum absolute atomic E-state index is 0.00459. The Morgan fingerprint density at radius 3 is 2.60 bits per heavy atom. The highest BCUT2D eigenvalue weighted by molar-refractivity contribution is 5.38. The van der Waals surface area contributed by atoms with Gasteiger partial charge in [-0.05, 0) is 30.5 Å². The molecule has 142 valence electrons. The lowest BCUT2D eigenvalue weighted by molar-refractivity contribution is -0.138. The molecule has 6 heteroatoms. The number of hydrogen-bond acceptors (Lipinski definition) is 3. The standard InChI is InChI=1S/C19H28F3NO2/c1-2-3-4-5-6-7-14-8-9-16(11-18(14)19(20,21)22)25-17-10-15(13-24)23-12-17/h8-9,11,15,17,23-24H,2-7,10,12-13H2,1H3/t15-,17+/m1/s1. The van der Waals surface area contributed by atoms with Crippen molar-refractivity contribution in [3.05, 3.63) is 29.3 Å². The van der Waals surface area contributed by atoms with Crippen LogP contribution < -0.4 is 10.1 Å². The zero-order valence-corrected chi connectivity index (χ0v) is 14.7. The Balaban J connectivity index is 2.01. The Kier molecular flexibility index (Phi) is 7.56. The highest BCUT2D eigenvalue weighted by Gasteiger charge is 2.34. The Hall–Kier alpha value is -1.27. The van der Waals surface area contributed by atoms with Gasteiger partial charge in [0.05, 0.1) is 12.2 Å². The normalized spacial score (nSPS) is 20.8. The van der Waals surface area contributed by atoms with E-state index >= 15 is 0 Å². The molecule has 0 bridgehead atoms. The molecular formula is C19H28F3NO2. The summed E-state index contributed by atoms with van der Waals surface area (Å²) in [5.74, 6) is 0.243. The Morgan fingerprint density at radius 1 is 1.20 bits per heavy atom. The van der Waals surface area contributed by atoms with Crippen molar-refractivity contribution in [2.45, 2.75) is 70.2 Å². The molecular weight excluding hydrogens is 331 g/mol. The molecule has 1 aliphatic heterocycles. The predicted molar refractivity (Wildman–Crippen MR) is 91.8 cm³/mol. The molecule has 2 N–H and O–H groups in total. The number of rotatable bonds is 9. The number of benzene rings is 1. The van der Waals surface area contributed by atoms with E-state index in [-0.39, 0.29) is 24.5 Å². The summed E-state index contributed by atoms with van der Waals surface area (Å²) in [7, 11) is 0. The van der Waals surface area contributed by atoms with Gasteiger partial charge in [-0.2, -0.15) is 13.2 Å². The average Bonchev–Trinajstić information content (AvgIpc) is 3.02. The van der Waals surface area contributed by atoms with E-state index in [1.807, 2.05) is 0 Å². The molecule has 0 amide bonds. The van der Waals surface area contributed by atoms with Crippen molar-refractivity contribution in [3.63, 3.8) is 0 Å². The molecule has 0 aliphatic carbocycles. The number of nitrogens with one attached hydrogen (secondary N) is 1. The molecule has 1 heterocycles. The van der Waals surface area contributed by atoms with E-state index in [2.05, 4.69) is 12.2 Å². The Morgan fingerprint density at radius 2 is 1.96 bits per heavy atom. The SMILES string of the molecule is CCCCCCCc1ccc(O[C@@H]2CN[C@@H](CO)C2)cc1C(F)(F)F. The van der Waals surface area contributed by atoms with Crippen molar-refractivity contribution < 1.29 is 23.0 Å². The summed E-state index contributed by atoms with van der Waals surface area (Å²) in [4.78, 5) is 0. The number of aliphatic hydroxyl groups excluding tert-OH is 1. The summed E-state index contributed by atoms with van der Waals surface area (Å²) >= 11 is 0. The molecule has 0 unspecified atom stereocenters. The number of hydrogen-bond donors (Lipinski definition) is 2. The molecule has 0 saturated carbocycles. The number of aryl methyl sites for hydroxylation is 1. The lowest BCUT2D eigenvalue weighted by atomic mass is 10.00. The molecule has 1 aromatic carbocycles. The summed E-state index contributed by atoms with van der Waals surface area (Å²) in [5.41, 5.74) is -0.251. The molecule has 25 heavy (non-hydrogen) atoms. The van der Waals surface area contributed by atoms with Crippen molar-refractivity contribution in [1.29, 1.82) is 0 Å². The van der Waals surface area contributed by atoms with Gasteiger partial charge >= 0.3 is 6.18 Å². The number of unbranched alkanes of at least 4 members (excludes halogenated alkanes) is 4. The second-order valence-electron chi connectivity index (χ2n) is 6.74. The van der Waals surface area contributed by atoms with Crippen LogP contribution in [0.3, 0.4) is 0 Å². The van der Waals surface area contributed by atoms with E-state index in [9.17, 15) is 13.2 Å². The fourth-order valence-corrected chi connectivity index (χ4v) is 3.23. The van der Waals surface area contributed by atoms with Crippen LogP contribution in [0, 0.1) is 0 Å². The van der Waals surface area contributed by atoms with Crippen molar-refractivity contribution in [2.75, 3.05) is 13.2 Å². The van der Waals surface area contributed by atoms with Crippen LogP contribution in [0.15, 0.2) is 18.2 Å². The summed E-state index contributed by atoms with van der Waals surface area (Å²) in [5, 5.41) is 12.2. The lowest BCUT2D eigenvalue weighted by Gasteiger charge is -2.17. The van der Waals surface area contributed by atoms with Gasteiger partial charge in [-0.25, -0.2) is 0 Å². The molecule has 1 aliphatic rings. The first-order chi connectivity index (χ1) is 11.9. The first-order valence-electron chi connectivity index (χ1n) is 9.15. The van der Waals surface area contributed by atoms with Crippen LogP contribution >= 0.6 is 0 Å². The van der Waals surface area contributed by atoms with Crippen LogP contribution in [-0.2, 0) is 12.6 Å². The predicted octanol–water partition coefficient (Wildman–Crippen LogP) is 4.32. The van der Waals surface area contributed by atoms with Crippen LogP contribution in [0.1, 0.15) is 56.6 Å². The molecule has 1 saturated heterocycles. The van der Waals surface area contributed by atoms with Gasteiger partial charge in [0.15, 0.2) is 0 Å². The van der Waals surface area contributed by atoms with Gasteiger partial charge in [0, 0.05) is 19.0 Å². The first-order valence-corrected chi connectivity index (χ1v) is 9.15. The van der Waals surface area contributed by atoms with E-state index in [4.69, 9.17) is 9.84 Å². The largest absolute Gasteiger partial charge is 0.489 e. The zero-order valence-electron chi connectivity index (χ0n) is 14.7. The van der Waals surface area contributed by atoms with Crippen molar-refractivity contribution in [3.8, 4) is 5.75 Å². The van der Waals surface area contributed by atoms with Crippen LogP contribution in [-0.4, -0.2) is 30.4 Å². The summed E-state index contributed by atoms with van der Waals surface area (Å²) in [6.07, 6.45) is 1.50. The third-order valence-electron chi connectivity index (χ3n) is 4.64. The first kappa shape index (κ1) is 20.0. The highest BCUT2D eigenvalue weighted by Crippen LogP contribution is 2.35. The Bertz CT molecular complexity index is 534. The quantitative estimate of drug-likeness (QED) is 0.645. The van der Waals surface area contributed by atoms with Crippen molar-refractivity contribution >= 4 is 0 Å². The van der Waals surface area contributed by atoms with Gasteiger partial charge in [-0.1, -0.05) is 38.7 Å². The van der Waals surface area contributed by atoms with Crippen LogP contribution in [0.2, 0.25) is 0 Å². The Labute approximate surface area is 147 Å². The third-order valence-corrected chi connectivity index (χ3v) is 4.64. The zero-order chi connectivity index (χ0) is 18.3. The maximum atomic E-state index is 13.4.